The standard InChI is InChI=1S/C16H23NO3/c1-2-19-15(18)11-13-10-14-16(6-4-3-5-7-16)20-9-8-17(14)12-13/h10,12H,2-9,11H2,1H3. The third kappa shape index (κ3) is 2.49. The number of hydrogen-bond acceptors (Lipinski definition) is 3. The van der Waals surface area contributed by atoms with Gasteiger partial charge in [-0.05, 0) is 31.4 Å². The number of aromatic nitrogens is 1. The quantitative estimate of drug-likeness (QED) is 0.798. The second kappa shape index (κ2) is 5.60. The van der Waals surface area contributed by atoms with Crippen molar-refractivity contribution >= 4 is 5.97 Å². The van der Waals surface area contributed by atoms with E-state index in [-0.39, 0.29) is 11.6 Å². The SMILES string of the molecule is CCOC(=O)Cc1cc2n(c1)CCOC21CCCCC1. The van der Waals surface area contributed by atoms with Gasteiger partial charge in [0.25, 0.3) is 0 Å². The van der Waals surface area contributed by atoms with E-state index in [1.165, 1.54) is 25.0 Å². The summed E-state index contributed by atoms with van der Waals surface area (Å²) in [6, 6.07) is 2.15. The van der Waals surface area contributed by atoms with E-state index in [0.717, 1.165) is 31.6 Å². The van der Waals surface area contributed by atoms with Gasteiger partial charge in [0.05, 0.1) is 25.3 Å². The maximum absolute atomic E-state index is 11.6. The van der Waals surface area contributed by atoms with E-state index in [1.807, 2.05) is 6.92 Å². The van der Waals surface area contributed by atoms with Gasteiger partial charge in [0.2, 0.25) is 0 Å². The molecule has 1 aromatic rings. The Morgan fingerprint density at radius 2 is 2.20 bits per heavy atom. The van der Waals surface area contributed by atoms with Crippen molar-refractivity contribution in [2.24, 2.45) is 0 Å². The fourth-order valence-corrected chi connectivity index (χ4v) is 3.56. The number of fused-ring (bicyclic) bond motifs is 2. The first-order valence-corrected chi connectivity index (χ1v) is 7.73. The molecule has 2 aliphatic rings. The molecular formula is C16H23NO3. The van der Waals surface area contributed by atoms with Crippen LogP contribution in [0.3, 0.4) is 0 Å². The molecule has 0 bridgehead atoms. The van der Waals surface area contributed by atoms with Crippen molar-refractivity contribution in [3.63, 3.8) is 0 Å². The average Bonchev–Trinajstić information content (AvgIpc) is 2.84. The molecule has 110 valence electrons. The molecule has 0 aromatic carbocycles. The zero-order valence-corrected chi connectivity index (χ0v) is 12.2. The van der Waals surface area contributed by atoms with Crippen LogP contribution in [0.4, 0.5) is 0 Å². The highest BCUT2D eigenvalue weighted by molar-refractivity contribution is 5.72. The van der Waals surface area contributed by atoms with Crippen molar-refractivity contribution in [3.8, 4) is 0 Å². The van der Waals surface area contributed by atoms with Crippen LogP contribution in [-0.4, -0.2) is 23.8 Å². The normalized spacial score (nSPS) is 20.6. The number of esters is 1. The molecule has 2 heterocycles. The van der Waals surface area contributed by atoms with Gasteiger partial charge in [-0.1, -0.05) is 19.3 Å². The van der Waals surface area contributed by atoms with Gasteiger partial charge < -0.3 is 14.0 Å². The first-order valence-electron chi connectivity index (χ1n) is 7.73. The Balaban J connectivity index is 1.83. The van der Waals surface area contributed by atoms with Gasteiger partial charge in [0, 0.05) is 12.7 Å². The molecule has 1 saturated carbocycles. The van der Waals surface area contributed by atoms with Crippen molar-refractivity contribution in [3.05, 3.63) is 23.5 Å². The van der Waals surface area contributed by atoms with E-state index < -0.39 is 0 Å². The minimum absolute atomic E-state index is 0.0938. The fourth-order valence-electron chi connectivity index (χ4n) is 3.56. The molecule has 4 heteroatoms. The molecule has 1 aromatic heterocycles. The summed E-state index contributed by atoms with van der Waals surface area (Å²) in [6.45, 7) is 3.95. The second-order valence-corrected chi connectivity index (χ2v) is 5.81. The lowest BCUT2D eigenvalue weighted by Gasteiger charge is -2.41. The predicted octanol–water partition coefficient (Wildman–Crippen LogP) is 2.78. The fraction of sp³-hybridized carbons (Fsp3) is 0.688. The lowest BCUT2D eigenvalue weighted by Crippen LogP contribution is -2.39. The summed E-state index contributed by atoms with van der Waals surface area (Å²) in [5.41, 5.74) is 2.22. The number of rotatable bonds is 3. The molecule has 0 atom stereocenters. The third-order valence-corrected chi connectivity index (χ3v) is 4.45. The van der Waals surface area contributed by atoms with Crippen molar-refractivity contribution in [2.45, 2.75) is 57.6 Å². The Hall–Kier alpha value is -1.29. The Bertz CT molecular complexity index is 486. The molecule has 1 aliphatic carbocycles. The van der Waals surface area contributed by atoms with Crippen LogP contribution in [0, 0.1) is 0 Å². The van der Waals surface area contributed by atoms with Crippen LogP contribution >= 0.6 is 0 Å². The molecule has 4 nitrogen and oxygen atoms in total. The number of carbonyl (C=O) groups is 1. The first-order chi connectivity index (χ1) is 9.73. The van der Waals surface area contributed by atoms with E-state index in [4.69, 9.17) is 9.47 Å². The largest absolute Gasteiger partial charge is 0.466 e. The minimum atomic E-state index is -0.144. The Labute approximate surface area is 120 Å². The highest BCUT2D eigenvalue weighted by Gasteiger charge is 2.39. The van der Waals surface area contributed by atoms with Crippen LogP contribution in [0.15, 0.2) is 12.3 Å². The molecule has 1 fully saturated rings. The summed E-state index contributed by atoms with van der Waals surface area (Å²) in [7, 11) is 0. The van der Waals surface area contributed by atoms with E-state index in [1.54, 1.807) is 0 Å². The Kier molecular flexibility index (Phi) is 3.83. The summed E-state index contributed by atoms with van der Waals surface area (Å²) in [6.07, 6.45) is 8.46. The third-order valence-electron chi connectivity index (χ3n) is 4.45. The van der Waals surface area contributed by atoms with E-state index in [0.29, 0.717) is 13.0 Å². The minimum Gasteiger partial charge on any atom is -0.466 e. The van der Waals surface area contributed by atoms with E-state index in [2.05, 4.69) is 16.8 Å². The molecule has 0 radical (unpaired) electrons. The smallest absolute Gasteiger partial charge is 0.310 e. The zero-order chi connectivity index (χ0) is 14.0. The molecule has 1 spiro atoms. The van der Waals surface area contributed by atoms with Gasteiger partial charge in [-0.25, -0.2) is 0 Å². The lowest BCUT2D eigenvalue weighted by atomic mass is 9.81. The number of carbonyl (C=O) groups excluding carboxylic acids is 1. The highest BCUT2D eigenvalue weighted by atomic mass is 16.5. The van der Waals surface area contributed by atoms with Gasteiger partial charge >= 0.3 is 5.97 Å². The van der Waals surface area contributed by atoms with Gasteiger partial charge in [-0.3, -0.25) is 4.79 Å². The van der Waals surface area contributed by atoms with Gasteiger partial charge in [0.1, 0.15) is 5.60 Å². The monoisotopic (exact) mass is 277 g/mol. The Morgan fingerprint density at radius 1 is 1.40 bits per heavy atom. The molecule has 0 amide bonds. The highest BCUT2D eigenvalue weighted by Crippen LogP contribution is 2.43. The van der Waals surface area contributed by atoms with Crippen molar-refractivity contribution in [1.29, 1.82) is 0 Å². The number of hydrogen-bond donors (Lipinski definition) is 0. The topological polar surface area (TPSA) is 40.5 Å². The number of nitrogens with zero attached hydrogens (tertiary/aromatic N) is 1. The van der Waals surface area contributed by atoms with Crippen molar-refractivity contribution in [1.82, 2.24) is 4.57 Å². The molecule has 0 unspecified atom stereocenters. The van der Waals surface area contributed by atoms with Crippen LogP contribution in [0.25, 0.3) is 0 Å². The predicted molar refractivity (Wildman–Crippen MR) is 75.5 cm³/mol. The summed E-state index contributed by atoms with van der Waals surface area (Å²) in [5.74, 6) is -0.144. The first kappa shape index (κ1) is 13.7. The number of ether oxygens (including phenoxy) is 2. The van der Waals surface area contributed by atoms with Crippen LogP contribution in [0.2, 0.25) is 0 Å². The average molecular weight is 277 g/mol. The molecular weight excluding hydrogens is 254 g/mol. The summed E-state index contributed by atoms with van der Waals surface area (Å²) in [5, 5.41) is 0. The van der Waals surface area contributed by atoms with Gasteiger partial charge in [0.15, 0.2) is 0 Å². The van der Waals surface area contributed by atoms with Crippen LogP contribution in [0.5, 0.6) is 0 Å². The van der Waals surface area contributed by atoms with Gasteiger partial charge in [-0.2, -0.15) is 0 Å². The van der Waals surface area contributed by atoms with Crippen LogP contribution in [-0.2, 0) is 32.8 Å². The van der Waals surface area contributed by atoms with Crippen LogP contribution < -0.4 is 0 Å². The van der Waals surface area contributed by atoms with Crippen LogP contribution in [0.1, 0.15) is 50.3 Å². The molecule has 0 saturated heterocycles. The summed E-state index contributed by atoms with van der Waals surface area (Å²) in [4.78, 5) is 11.6. The van der Waals surface area contributed by atoms with Crippen molar-refractivity contribution < 1.29 is 14.3 Å². The summed E-state index contributed by atoms with van der Waals surface area (Å²) >= 11 is 0. The maximum Gasteiger partial charge on any atom is 0.310 e. The molecule has 20 heavy (non-hydrogen) atoms. The zero-order valence-electron chi connectivity index (χ0n) is 12.2. The van der Waals surface area contributed by atoms with E-state index in [9.17, 15) is 4.79 Å². The van der Waals surface area contributed by atoms with Crippen molar-refractivity contribution in [2.75, 3.05) is 13.2 Å². The molecule has 3 rings (SSSR count). The second-order valence-electron chi connectivity index (χ2n) is 5.81. The van der Waals surface area contributed by atoms with Gasteiger partial charge in [-0.15, -0.1) is 0 Å². The summed E-state index contributed by atoms with van der Waals surface area (Å²) < 4.78 is 13.5. The van der Waals surface area contributed by atoms with E-state index >= 15 is 0 Å². The maximum atomic E-state index is 11.6. The Morgan fingerprint density at radius 3 is 2.95 bits per heavy atom. The lowest BCUT2D eigenvalue weighted by molar-refractivity contribution is -0.142. The molecule has 0 N–H and O–H groups in total. The molecule has 1 aliphatic heterocycles.